The summed E-state index contributed by atoms with van der Waals surface area (Å²) in [6.07, 6.45) is 2.33. The van der Waals surface area contributed by atoms with E-state index in [0.717, 1.165) is 17.1 Å². The van der Waals surface area contributed by atoms with Crippen molar-refractivity contribution in [2.24, 2.45) is 0 Å². The Hall–Kier alpha value is -5.96. The van der Waals surface area contributed by atoms with Crippen molar-refractivity contribution < 1.29 is 0 Å². The molecule has 2 heteroatoms. The molecule has 0 saturated heterocycles. The summed E-state index contributed by atoms with van der Waals surface area (Å²) in [6.45, 7) is 0. The van der Waals surface area contributed by atoms with Crippen LogP contribution >= 0.6 is 0 Å². The van der Waals surface area contributed by atoms with Gasteiger partial charge in [0.05, 0.1) is 0 Å². The highest BCUT2D eigenvalue weighted by Crippen LogP contribution is 2.37. The van der Waals surface area contributed by atoms with Gasteiger partial charge in [0, 0.05) is 17.1 Å². The molecule has 1 nitrogen and oxygen atoms in total. The molecular formula is C46H35NSi. The molecule has 228 valence electrons. The molecule has 0 radical (unpaired) electrons. The zero-order valence-electron chi connectivity index (χ0n) is 26.7. The van der Waals surface area contributed by atoms with Gasteiger partial charge in [-0.15, -0.1) is 0 Å². The molecule has 0 aliphatic rings. The standard InChI is InChI=1S/C46H35NSi/c1-4-18-44(19-5-1)48(45-20-6-2-7-21-45,46-22-8-3-9-23-46)33-32-36-24-28-41(29-25-36)47(42-30-26-37-14-10-12-16-39(37)34-42)43-31-27-38-15-11-13-17-40(38)35-43/h1-35H/b33-32+. The quantitative estimate of drug-likeness (QED) is 0.119. The van der Waals surface area contributed by atoms with Crippen LogP contribution in [0.4, 0.5) is 17.1 Å². The van der Waals surface area contributed by atoms with Gasteiger partial charge >= 0.3 is 0 Å². The molecular weight excluding hydrogens is 595 g/mol. The van der Waals surface area contributed by atoms with E-state index in [1.165, 1.54) is 42.7 Å². The fourth-order valence-corrected chi connectivity index (χ4v) is 11.1. The minimum absolute atomic E-state index is 1.12. The second kappa shape index (κ2) is 13.0. The maximum absolute atomic E-state index is 2.51. The lowest BCUT2D eigenvalue weighted by Gasteiger charge is -2.30. The van der Waals surface area contributed by atoms with Crippen molar-refractivity contribution in [3.05, 3.63) is 211 Å². The maximum Gasteiger partial charge on any atom is 0.172 e. The van der Waals surface area contributed by atoms with Gasteiger partial charge in [-0.05, 0) is 79.1 Å². The van der Waals surface area contributed by atoms with Crippen LogP contribution in [0.5, 0.6) is 0 Å². The average molecular weight is 630 g/mol. The van der Waals surface area contributed by atoms with Crippen LogP contribution < -0.4 is 20.5 Å². The lowest BCUT2D eigenvalue weighted by molar-refractivity contribution is 1.29. The summed E-state index contributed by atoms with van der Waals surface area (Å²) in [5, 5.41) is 9.04. The summed E-state index contributed by atoms with van der Waals surface area (Å²) in [5.41, 5.74) is 7.07. The van der Waals surface area contributed by atoms with Crippen LogP contribution in [0.15, 0.2) is 206 Å². The molecule has 0 aliphatic carbocycles. The number of anilines is 3. The van der Waals surface area contributed by atoms with E-state index in [1.807, 2.05) is 0 Å². The zero-order chi connectivity index (χ0) is 32.2. The number of nitrogens with zero attached hydrogens (tertiary/aromatic N) is 1. The van der Waals surface area contributed by atoms with E-state index >= 15 is 0 Å². The molecule has 0 aromatic heterocycles. The molecule has 0 saturated carbocycles. The van der Waals surface area contributed by atoms with Crippen molar-refractivity contribution in [1.82, 2.24) is 0 Å². The Morgan fingerprint density at radius 1 is 0.333 bits per heavy atom. The Morgan fingerprint density at radius 2 is 0.708 bits per heavy atom. The van der Waals surface area contributed by atoms with Gasteiger partial charge in [0.1, 0.15) is 0 Å². The third-order valence-electron chi connectivity index (χ3n) is 9.35. The molecule has 0 spiro atoms. The Balaban J connectivity index is 1.23. The first kappa shape index (κ1) is 29.4. The van der Waals surface area contributed by atoms with Gasteiger partial charge in [0.25, 0.3) is 0 Å². The number of hydrogen-bond donors (Lipinski definition) is 0. The van der Waals surface area contributed by atoms with E-state index in [9.17, 15) is 0 Å². The van der Waals surface area contributed by atoms with E-state index in [4.69, 9.17) is 0 Å². The van der Waals surface area contributed by atoms with Gasteiger partial charge < -0.3 is 4.90 Å². The van der Waals surface area contributed by atoms with Crippen LogP contribution in [-0.4, -0.2) is 8.07 Å². The van der Waals surface area contributed by atoms with Crippen molar-refractivity contribution >= 4 is 68.3 Å². The number of hydrogen-bond acceptors (Lipinski definition) is 1. The smallest absolute Gasteiger partial charge is 0.172 e. The molecule has 8 aromatic carbocycles. The van der Waals surface area contributed by atoms with Crippen LogP contribution in [0.25, 0.3) is 27.6 Å². The Labute approximate surface area is 283 Å². The van der Waals surface area contributed by atoms with Crippen molar-refractivity contribution in [3.8, 4) is 0 Å². The van der Waals surface area contributed by atoms with Crippen LogP contribution in [-0.2, 0) is 0 Å². The number of fused-ring (bicyclic) bond motifs is 2. The normalized spacial score (nSPS) is 11.7. The second-order valence-electron chi connectivity index (χ2n) is 12.2. The first-order chi connectivity index (χ1) is 23.8. The lowest BCUT2D eigenvalue weighted by Crippen LogP contribution is -2.66. The average Bonchev–Trinajstić information content (AvgIpc) is 3.17. The summed E-state index contributed by atoms with van der Waals surface area (Å²) in [6, 6.07) is 72.7. The summed E-state index contributed by atoms with van der Waals surface area (Å²) < 4.78 is 0. The van der Waals surface area contributed by atoms with E-state index in [0.29, 0.717) is 0 Å². The molecule has 0 amide bonds. The molecule has 8 rings (SSSR count). The van der Waals surface area contributed by atoms with E-state index in [1.54, 1.807) is 0 Å². The topological polar surface area (TPSA) is 3.24 Å². The number of rotatable bonds is 8. The first-order valence-electron chi connectivity index (χ1n) is 16.5. The highest BCUT2D eigenvalue weighted by molar-refractivity contribution is 7.15. The molecule has 0 unspecified atom stereocenters. The predicted molar refractivity (Wildman–Crippen MR) is 209 cm³/mol. The predicted octanol–water partition coefficient (Wildman–Crippen LogP) is 10.2. The molecule has 0 aliphatic heterocycles. The van der Waals surface area contributed by atoms with E-state index in [2.05, 4.69) is 217 Å². The van der Waals surface area contributed by atoms with Gasteiger partial charge in [0.2, 0.25) is 0 Å². The maximum atomic E-state index is 2.51. The van der Waals surface area contributed by atoms with Gasteiger partial charge in [-0.3, -0.25) is 0 Å². The molecule has 0 heterocycles. The summed E-state index contributed by atoms with van der Waals surface area (Å²) >= 11 is 0. The zero-order valence-corrected chi connectivity index (χ0v) is 27.7. The fraction of sp³-hybridized carbons (Fsp3) is 0. The third-order valence-corrected chi connectivity index (χ3v) is 13.7. The molecule has 0 atom stereocenters. The lowest BCUT2D eigenvalue weighted by atomic mass is 10.1. The molecule has 8 aromatic rings. The van der Waals surface area contributed by atoms with Crippen LogP contribution in [0.3, 0.4) is 0 Å². The van der Waals surface area contributed by atoms with Crippen molar-refractivity contribution in [2.75, 3.05) is 4.90 Å². The van der Waals surface area contributed by atoms with Crippen LogP contribution in [0.2, 0.25) is 0 Å². The second-order valence-corrected chi connectivity index (χ2v) is 15.9. The van der Waals surface area contributed by atoms with Crippen molar-refractivity contribution in [1.29, 1.82) is 0 Å². The van der Waals surface area contributed by atoms with E-state index < -0.39 is 8.07 Å². The van der Waals surface area contributed by atoms with Gasteiger partial charge in [0.15, 0.2) is 8.07 Å². The molecule has 48 heavy (non-hydrogen) atoms. The monoisotopic (exact) mass is 629 g/mol. The Bertz CT molecular complexity index is 2150. The van der Waals surface area contributed by atoms with Gasteiger partial charge in [-0.2, -0.15) is 0 Å². The molecule has 0 bridgehead atoms. The Morgan fingerprint density at radius 3 is 1.15 bits per heavy atom. The highest BCUT2D eigenvalue weighted by Gasteiger charge is 2.36. The minimum Gasteiger partial charge on any atom is -0.310 e. The van der Waals surface area contributed by atoms with Crippen LogP contribution in [0, 0.1) is 0 Å². The highest BCUT2D eigenvalue weighted by atomic mass is 28.3. The van der Waals surface area contributed by atoms with Crippen LogP contribution in [0.1, 0.15) is 5.56 Å². The van der Waals surface area contributed by atoms with Crippen molar-refractivity contribution in [3.63, 3.8) is 0 Å². The van der Waals surface area contributed by atoms with E-state index in [-0.39, 0.29) is 0 Å². The third kappa shape index (κ3) is 5.64. The molecule has 0 fully saturated rings. The fourth-order valence-electron chi connectivity index (χ4n) is 6.93. The molecule has 0 N–H and O–H groups in total. The van der Waals surface area contributed by atoms with Crippen molar-refractivity contribution in [2.45, 2.75) is 0 Å². The Kier molecular flexibility index (Phi) is 8.00. The minimum atomic E-state index is -2.49. The summed E-state index contributed by atoms with van der Waals surface area (Å²) in [5.74, 6) is 0. The summed E-state index contributed by atoms with van der Waals surface area (Å²) in [7, 11) is -2.49. The SMILES string of the molecule is C(=C\[Si](c1ccccc1)(c1ccccc1)c1ccccc1)/c1ccc(N(c2ccc3ccccc3c2)c2ccc3ccccc3c2)cc1. The van der Waals surface area contributed by atoms with Gasteiger partial charge in [-0.25, -0.2) is 0 Å². The largest absolute Gasteiger partial charge is 0.310 e. The summed E-state index contributed by atoms with van der Waals surface area (Å²) in [4.78, 5) is 2.36. The first-order valence-corrected chi connectivity index (χ1v) is 18.6. The number of benzene rings is 8. The van der Waals surface area contributed by atoms with Gasteiger partial charge in [-0.1, -0.05) is 176 Å².